The van der Waals surface area contributed by atoms with E-state index in [4.69, 9.17) is 9.47 Å². The van der Waals surface area contributed by atoms with Crippen molar-refractivity contribution in [1.29, 1.82) is 0 Å². The van der Waals surface area contributed by atoms with E-state index in [1.807, 2.05) is 18.2 Å². The normalized spacial score (nSPS) is 18.4. The third-order valence-corrected chi connectivity index (χ3v) is 9.57. The van der Waals surface area contributed by atoms with Crippen LogP contribution in [-0.4, -0.2) is 26.4 Å². The molecule has 1 fully saturated rings. The molecule has 46 heavy (non-hydrogen) atoms. The summed E-state index contributed by atoms with van der Waals surface area (Å²) in [6.07, 6.45) is 14.9. The standard InChI is InChI=1S/C42H48N2O2/c1-2-41(32-46-33-41)31-45-30-14-4-3-7-15-36-16-12-13-21-40(36)42(44-39-19-10-6-11-20-39)28-26-35(27-29-42)34-22-24-38(25-23-34)43-37-17-8-5-9-18-37/h5-6,8-13,16-28,43-44H,2-4,7,14-15,29-33H2,1H3. The molecule has 4 aromatic rings. The van der Waals surface area contributed by atoms with Gasteiger partial charge in [0.2, 0.25) is 0 Å². The molecule has 2 aliphatic rings. The molecule has 1 saturated heterocycles. The fourth-order valence-corrected chi connectivity index (χ4v) is 6.54. The number of nitrogens with one attached hydrogen (secondary N) is 2. The van der Waals surface area contributed by atoms with Crippen LogP contribution in [0.4, 0.5) is 17.1 Å². The SMILES string of the molecule is CCC1(COCCCCCCc2ccccc2C2(Nc3ccccc3)C=CC(c3ccc(Nc4ccccc4)cc3)=CC2)COC1. The number of para-hydroxylation sites is 2. The maximum Gasteiger partial charge on any atom is 0.0850 e. The minimum atomic E-state index is -0.315. The largest absolute Gasteiger partial charge is 0.381 e. The number of anilines is 3. The number of benzene rings is 4. The van der Waals surface area contributed by atoms with Gasteiger partial charge in [0.25, 0.3) is 0 Å². The second kappa shape index (κ2) is 15.4. The molecule has 0 spiro atoms. The summed E-state index contributed by atoms with van der Waals surface area (Å²) < 4.78 is 11.5. The summed E-state index contributed by atoms with van der Waals surface area (Å²) in [7, 11) is 0. The van der Waals surface area contributed by atoms with Crippen molar-refractivity contribution in [3.63, 3.8) is 0 Å². The van der Waals surface area contributed by atoms with Gasteiger partial charge in [0, 0.05) is 29.1 Å². The second-order valence-electron chi connectivity index (χ2n) is 12.9. The molecule has 0 radical (unpaired) electrons. The first-order chi connectivity index (χ1) is 22.7. The fourth-order valence-electron chi connectivity index (χ4n) is 6.54. The maximum atomic E-state index is 6.03. The van der Waals surface area contributed by atoms with E-state index in [1.165, 1.54) is 41.5 Å². The Balaban J connectivity index is 1.10. The molecule has 4 nitrogen and oxygen atoms in total. The van der Waals surface area contributed by atoms with E-state index < -0.39 is 0 Å². The molecule has 4 heteroatoms. The molecule has 0 aromatic heterocycles. The third-order valence-electron chi connectivity index (χ3n) is 9.57. The molecule has 0 amide bonds. The van der Waals surface area contributed by atoms with E-state index in [0.29, 0.717) is 0 Å². The van der Waals surface area contributed by atoms with Crippen molar-refractivity contribution < 1.29 is 9.47 Å². The number of hydrogen-bond acceptors (Lipinski definition) is 4. The number of hydrogen-bond donors (Lipinski definition) is 2. The van der Waals surface area contributed by atoms with Crippen LogP contribution in [-0.2, 0) is 21.4 Å². The first-order valence-electron chi connectivity index (χ1n) is 17.1. The van der Waals surface area contributed by atoms with Crippen LogP contribution in [0.25, 0.3) is 5.57 Å². The van der Waals surface area contributed by atoms with Crippen LogP contribution in [0.1, 0.15) is 62.1 Å². The number of aryl methyl sites for hydroxylation is 1. The molecule has 6 rings (SSSR count). The van der Waals surface area contributed by atoms with E-state index in [1.54, 1.807) is 0 Å². The molecule has 0 bridgehead atoms. The summed E-state index contributed by atoms with van der Waals surface area (Å²) in [4.78, 5) is 0. The summed E-state index contributed by atoms with van der Waals surface area (Å²) in [6, 6.07) is 38.7. The van der Waals surface area contributed by atoms with Crippen molar-refractivity contribution in [2.45, 2.75) is 57.4 Å². The highest BCUT2D eigenvalue weighted by Crippen LogP contribution is 2.39. The second-order valence-corrected chi connectivity index (χ2v) is 12.9. The summed E-state index contributed by atoms with van der Waals surface area (Å²) in [5, 5.41) is 7.43. The molecular weight excluding hydrogens is 564 g/mol. The molecule has 1 atom stereocenters. The number of unbranched alkanes of at least 4 members (excludes halogenated alkanes) is 3. The maximum absolute atomic E-state index is 6.03. The molecule has 0 saturated carbocycles. The molecule has 1 unspecified atom stereocenters. The van der Waals surface area contributed by atoms with Crippen LogP contribution in [0, 0.1) is 5.41 Å². The fraction of sp³-hybridized carbons (Fsp3) is 0.333. The smallest absolute Gasteiger partial charge is 0.0850 e. The van der Waals surface area contributed by atoms with Crippen LogP contribution < -0.4 is 10.6 Å². The monoisotopic (exact) mass is 612 g/mol. The van der Waals surface area contributed by atoms with E-state index >= 15 is 0 Å². The van der Waals surface area contributed by atoms with Crippen molar-refractivity contribution in [3.8, 4) is 0 Å². The van der Waals surface area contributed by atoms with Crippen LogP contribution in [0.15, 0.2) is 127 Å². The van der Waals surface area contributed by atoms with Crippen molar-refractivity contribution in [2.75, 3.05) is 37.1 Å². The predicted molar refractivity (Wildman–Crippen MR) is 193 cm³/mol. The zero-order valence-corrected chi connectivity index (χ0v) is 27.2. The summed E-state index contributed by atoms with van der Waals surface area (Å²) in [6.45, 7) is 5.65. The van der Waals surface area contributed by atoms with Gasteiger partial charge in [0.1, 0.15) is 0 Å². The van der Waals surface area contributed by atoms with E-state index in [0.717, 1.165) is 69.2 Å². The van der Waals surface area contributed by atoms with Crippen molar-refractivity contribution in [2.24, 2.45) is 5.41 Å². The molecule has 1 aliphatic carbocycles. The first kappa shape index (κ1) is 31.8. The Bertz CT molecular complexity index is 1570. The van der Waals surface area contributed by atoms with Crippen LogP contribution in [0.2, 0.25) is 0 Å². The zero-order chi connectivity index (χ0) is 31.5. The van der Waals surface area contributed by atoms with Gasteiger partial charge in [-0.25, -0.2) is 0 Å². The Labute approximate surface area is 275 Å². The van der Waals surface area contributed by atoms with E-state index in [9.17, 15) is 0 Å². The van der Waals surface area contributed by atoms with Gasteiger partial charge in [-0.05, 0) is 90.8 Å². The van der Waals surface area contributed by atoms with Gasteiger partial charge in [-0.3, -0.25) is 0 Å². The van der Waals surface area contributed by atoms with Crippen LogP contribution >= 0.6 is 0 Å². The lowest BCUT2D eigenvalue weighted by molar-refractivity contribution is -0.150. The molecule has 238 valence electrons. The Morgan fingerprint density at radius 3 is 2.07 bits per heavy atom. The van der Waals surface area contributed by atoms with Gasteiger partial charge in [-0.1, -0.05) is 111 Å². The van der Waals surface area contributed by atoms with E-state index in [2.05, 4.69) is 127 Å². The lowest BCUT2D eigenvalue weighted by Crippen LogP contribution is -2.45. The Kier molecular flexibility index (Phi) is 10.7. The number of allylic oxidation sites excluding steroid dienone is 2. The van der Waals surface area contributed by atoms with Gasteiger partial charge < -0.3 is 20.1 Å². The zero-order valence-electron chi connectivity index (χ0n) is 27.2. The molecule has 4 aromatic carbocycles. The van der Waals surface area contributed by atoms with Gasteiger partial charge >= 0.3 is 0 Å². The third kappa shape index (κ3) is 7.99. The first-order valence-corrected chi connectivity index (χ1v) is 17.1. The Morgan fingerprint density at radius 1 is 0.717 bits per heavy atom. The van der Waals surface area contributed by atoms with Crippen LogP contribution in [0.5, 0.6) is 0 Å². The molecule has 1 heterocycles. The molecule has 1 aliphatic heterocycles. The lowest BCUT2D eigenvalue weighted by atomic mass is 9.78. The van der Waals surface area contributed by atoms with Gasteiger partial charge in [-0.15, -0.1) is 0 Å². The van der Waals surface area contributed by atoms with Gasteiger partial charge in [0.05, 0.1) is 25.4 Å². The summed E-state index contributed by atoms with van der Waals surface area (Å²) in [5.74, 6) is 0. The molecule has 2 N–H and O–H groups in total. The summed E-state index contributed by atoms with van der Waals surface area (Å²) in [5.41, 5.74) is 8.55. The highest BCUT2D eigenvalue weighted by atomic mass is 16.5. The van der Waals surface area contributed by atoms with Crippen LogP contribution in [0.3, 0.4) is 0 Å². The average molecular weight is 613 g/mol. The lowest BCUT2D eigenvalue weighted by Gasteiger charge is -2.40. The summed E-state index contributed by atoms with van der Waals surface area (Å²) >= 11 is 0. The van der Waals surface area contributed by atoms with E-state index in [-0.39, 0.29) is 11.0 Å². The highest BCUT2D eigenvalue weighted by molar-refractivity contribution is 5.78. The minimum absolute atomic E-state index is 0.279. The highest BCUT2D eigenvalue weighted by Gasteiger charge is 2.37. The van der Waals surface area contributed by atoms with Gasteiger partial charge in [-0.2, -0.15) is 0 Å². The number of rotatable bonds is 16. The van der Waals surface area contributed by atoms with Crippen molar-refractivity contribution in [3.05, 3.63) is 144 Å². The quantitative estimate of drug-likeness (QED) is 0.124. The average Bonchev–Trinajstić information content (AvgIpc) is 3.09. The predicted octanol–water partition coefficient (Wildman–Crippen LogP) is 10.3. The Hall–Kier alpha value is -4.12. The van der Waals surface area contributed by atoms with Gasteiger partial charge in [0.15, 0.2) is 0 Å². The number of ether oxygens (including phenoxy) is 2. The Morgan fingerprint density at radius 2 is 1.39 bits per heavy atom. The van der Waals surface area contributed by atoms with Crippen molar-refractivity contribution >= 4 is 22.6 Å². The van der Waals surface area contributed by atoms with Crippen molar-refractivity contribution in [1.82, 2.24) is 0 Å². The molecular formula is C42H48N2O2. The topological polar surface area (TPSA) is 42.5 Å². The minimum Gasteiger partial charge on any atom is -0.381 e.